The molecule has 436 valence electrons. The SMILES string of the molecule is Cc1cc(N2CCN(C(=O)CCl)CC2)ccc1Cl.Cc1cc(N2CCN(C(=O)Cn3cc4ncccc4n3)CC2)ccc1Cl.Cc1cc(N2CCN(C(=O)Cn3ncc4ncccc43)CC2)ccc1Cl.O=CO[O-].[H-].[K+].[K+].c1cnc2[nH]ncc2c1. The fourth-order valence-corrected chi connectivity index (χ4v) is 9.99. The summed E-state index contributed by atoms with van der Waals surface area (Å²) in [6.07, 6.45) is 10.5. The van der Waals surface area contributed by atoms with Crippen LogP contribution in [0.1, 0.15) is 18.1 Å². The largest absolute Gasteiger partial charge is 1.00 e. The second-order valence-electron chi connectivity index (χ2n) is 19.5. The summed E-state index contributed by atoms with van der Waals surface area (Å²) in [5, 5.41) is 27.1. The van der Waals surface area contributed by atoms with Gasteiger partial charge in [-0.25, -0.2) is 4.98 Å². The molecule has 0 saturated carbocycles. The molecule has 85 heavy (non-hydrogen) atoms. The number of nitrogens with zero attached hydrogens (tertiary/aromatic N) is 14. The quantitative estimate of drug-likeness (QED) is 0.0712. The van der Waals surface area contributed by atoms with Gasteiger partial charge in [0.1, 0.15) is 35.5 Å². The number of carbonyl (C=O) groups is 4. The van der Waals surface area contributed by atoms with Gasteiger partial charge in [-0.1, -0.05) is 34.8 Å². The van der Waals surface area contributed by atoms with Gasteiger partial charge in [0.2, 0.25) is 17.7 Å². The smallest absolute Gasteiger partial charge is 1.00 e. The number of pyridine rings is 3. The van der Waals surface area contributed by atoms with E-state index in [4.69, 9.17) is 56.5 Å². The molecule has 12 rings (SSSR count). The van der Waals surface area contributed by atoms with Crippen molar-refractivity contribution in [3.63, 3.8) is 0 Å². The predicted molar refractivity (Wildman–Crippen MR) is 323 cm³/mol. The molecule has 0 bridgehead atoms. The number of anilines is 3. The number of halogens is 4. The summed E-state index contributed by atoms with van der Waals surface area (Å²) in [4.78, 5) is 73.0. The summed E-state index contributed by atoms with van der Waals surface area (Å²) in [7, 11) is 0. The summed E-state index contributed by atoms with van der Waals surface area (Å²) in [6.45, 7) is 15.5. The molecule has 6 aromatic heterocycles. The third-order valence-corrected chi connectivity index (χ3v) is 15.6. The first-order valence-electron chi connectivity index (χ1n) is 26.7. The topological polar surface area (TPSA) is 223 Å². The van der Waals surface area contributed by atoms with E-state index in [1.54, 1.807) is 40.3 Å². The Morgan fingerprint density at radius 2 is 1.04 bits per heavy atom. The van der Waals surface area contributed by atoms with Crippen molar-refractivity contribution in [1.29, 1.82) is 0 Å². The summed E-state index contributed by atoms with van der Waals surface area (Å²) >= 11 is 23.8. The van der Waals surface area contributed by atoms with Crippen LogP contribution in [0.15, 0.2) is 128 Å². The molecule has 9 heterocycles. The third kappa shape index (κ3) is 19.6. The number of aromatic nitrogens is 9. The van der Waals surface area contributed by atoms with Crippen molar-refractivity contribution in [2.24, 2.45) is 0 Å². The van der Waals surface area contributed by atoms with Crippen molar-refractivity contribution >= 4 is 121 Å². The third-order valence-electron chi connectivity index (χ3n) is 14.1. The number of amides is 3. The Hall–Kier alpha value is -4.81. The zero-order chi connectivity index (χ0) is 58.8. The number of nitrogens with one attached hydrogen (secondary N) is 1. The van der Waals surface area contributed by atoms with Gasteiger partial charge in [0, 0.05) is 135 Å². The fourth-order valence-electron chi connectivity index (χ4n) is 9.47. The van der Waals surface area contributed by atoms with Crippen molar-refractivity contribution in [2.45, 2.75) is 33.9 Å². The number of H-pyrrole nitrogens is 1. The van der Waals surface area contributed by atoms with Crippen LogP contribution in [0.2, 0.25) is 15.1 Å². The molecule has 1 N–H and O–H groups in total. The molecule has 3 aromatic carbocycles. The van der Waals surface area contributed by atoms with Gasteiger partial charge >= 0.3 is 103 Å². The number of benzene rings is 3. The zero-order valence-corrected chi connectivity index (χ0v) is 57.3. The van der Waals surface area contributed by atoms with Gasteiger partial charge in [-0.15, -0.1) is 11.6 Å². The molecule has 3 aliphatic rings. The minimum absolute atomic E-state index is 0. The minimum Gasteiger partial charge on any atom is -1.00 e. The summed E-state index contributed by atoms with van der Waals surface area (Å²) in [6, 6.07) is 29.6. The number of carbonyl (C=O) groups excluding carboxylic acids is 4. The Kier molecular flexibility index (Phi) is 28.3. The molecule has 3 fully saturated rings. The van der Waals surface area contributed by atoms with Gasteiger partial charge in [-0.3, -0.25) is 43.6 Å². The van der Waals surface area contributed by atoms with Gasteiger partial charge in [-0.2, -0.15) is 15.3 Å². The van der Waals surface area contributed by atoms with Gasteiger partial charge in [-0.05, 0) is 128 Å². The number of aromatic amines is 1. The van der Waals surface area contributed by atoms with Crippen molar-refractivity contribution in [2.75, 3.05) is 99.1 Å². The van der Waals surface area contributed by atoms with Crippen LogP contribution in [0.5, 0.6) is 0 Å². The standard InChI is InChI=1S/2C19H20ClN5O.C13H16Cl2N2O.C6H5N3.CH2O3.2K.H/c1-14-11-15(4-5-16(14)20)23-7-9-24(10-8-23)19(26)13-25-18-3-2-6-21-17(18)12-22-25;1-14-11-15(4-5-16(14)20)23-7-9-24(10-8-23)19(26)13-25-12-18-17(22-25)3-2-6-21-18;1-10-8-11(2-3-12(10)15)16-4-6-17(7-5-16)13(18)9-14;1-2-5-4-8-9-6(5)7-3-1;2-1-4-3;;;/h2*2-6,11-12H,7-10,13H2,1H3;2-3,8H,4-7,9H2,1H3;1-4H,(H,7,8,9);1,3H;;;/q;;;;;2*+1;-1/p-1. The van der Waals surface area contributed by atoms with Crippen molar-refractivity contribution < 1.29 is 134 Å². The monoisotopic (exact) mass is 1280 g/mol. The van der Waals surface area contributed by atoms with Crippen LogP contribution in [-0.2, 0) is 37.2 Å². The first-order chi connectivity index (χ1) is 40.2. The summed E-state index contributed by atoms with van der Waals surface area (Å²) in [5.74, 6) is 0.263. The van der Waals surface area contributed by atoms with Crippen LogP contribution in [0.25, 0.3) is 33.1 Å². The number of piperazine rings is 3. The molecule has 3 saturated heterocycles. The Morgan fingerprint density at radius 3 is 1.49 bits per heavy atom. The Bertz CT molecular complexity index is 3560. The van der Waals surface area contributed by atoms with Gasteiger partial charge < -0.3 is 41.0 Å². The van der Waals surface area contributed by atoms with E-state index in [0.717, 1.165) is 134 Å². The number of hydrogen-bond donors (Lipinski definition) is 1. The Labute approximate surface area is 599 Å². The van der Waals surface area contributed by atoms with Gasteiger partial charge in [0.05, 0.1) is 24.1 Å². The van der Waals surface area contributed by atoms with Crippen LogP contribution in [0, 0.1) is 20.8 Å². The van der Waals surface area contributed by atoms with Crippen LogP contribution in [0.3, 0.4) is 0 Å². The van der Waals surface area contributed by atoms with Crippen molar-refractivity contribution in [3.05, 3.63) is 160 Å². The molecule has 0 aliphatic carbocycles. The average Bonchev–Trinajstić information content (AvgIpc) is 2.89. The number of rotatable bonds is 9. The number of hydrogen-bond acceptors (Lipinski definition) is 15. The van der Waals surface area contributed by atoms with Crippen LogP contribution in [-0.4, -0.2) is 168 Å². The maximum atomic E-state index is 12.7. The Morgan fingerprint density at radius 1 is 0.588 bits per heavy atom. The minimum atomic E-state index is -0.181. The van der Waals surface area contributed by atoms with Crippen LogP contribution < -0.4 is 123 Å². The van der Waals surface area contributed by atoms with E-state index in [9.17, 15) is 14.4 Å². The van der Waals surface area contributed by atoms with Gasteiger partial charge in [0.15, 0.2) is 5.65 Å². The number of aryl methyl sites for hydroxylation is 3. The van der Waals surface area contributed by atoms with E-state index >= 15 is 0 Å². The van der Waals surface area contributed by atoms with Crippen molar-refractivity contribution in [1.82, 2.24) is 59.4 Å². The second kappa shape index (κ2) is 34.7. The second-order valence-corrected chi connectivity index (χ2v) is 21.0. The maximum Gasteiger partial charge on any atom is 1.00 e. The molecule has 3 amide bonds. The molecule has 3 aliphatic heterocycles. The first kappa shape index (κ1) is 69.3. The molecule has 21 nitrogen and oxygen atoms in total. The van der Waals surface area contributed by atoms with Gasteiger partial charge in [0.25, 0.3) is 6.47 Å². The predicted octanol–water partition coefficient (Wildman–Crippen LogP) is 1.53. The Balaban J connectivity index is 0.000000212. The fraction of sp³-hybridized carbons (Fsp3) is 0.310. The number of alkyl halides is 1. The molecule has 0 radical (unpaired) electrons. The molecular weight excluding hydrogens is 1220 g/mol. The van der Waals surface area contributed by atoms with Crippen LogP contribution in [0.4, 0.5) is 17.1 Å². The first-order valence-corrected chi connectivity index (χ1v) is 28.3. The van der Waals surface area contributed by atoms with E-state index in [-0.39, 0.29) is 147 Å². The van der Waals surface area contributed by atoms with E-state index in [1.807, 2.05) is 114 Å². The molecule has 0 spiro atoms. The van der Waals surface area contributed by atoms with E-state index < -0.39 is 0 Å². The zero-order valence-electron chi connectivity index (χ0n) is 49.0. The van der Waals surface area contributed by atoms with E-state index in [0.29, 0.717) is 26.2 Å². The summed E-state index contributed by atoms with van der Waals surface area (Å²) in [5.41, 5.74) is 10.8. The normalized spacial score (nSPS) is 13.8. The van der Waals surface area contributed by atoms with Crippen LogP contribution >= 0.6 is 46.4 Å². The van der Waals surface area contributed by atoms with E-state index in [2.05, 4.69) is 73.1 Å². The van der Waals surface area contributed by atoms with E-state index in [1.165, 1.54) is 0 Å². The maximum absolute atomic E-state index is 12.7. The molecule has 9 aromatic rings. The molecule has 0 atom stereocenters. The molecule has 27 heteroatoms. The molecular formula is C58H63Cl4K2N15O6. The number of fused-ring (bicyclic) bond motifs is 3. The summed E-state index contributed by atoms with van der Waals surface area (Å²) < 4.78 is 3.40. The van der Waals surface area contributed by atoms with Crippen molar-refractivity contribution in [3.8, 4) is 0 Å². The average molecular weight is 1290 g/mol. The molecule has 0 unspecified atom stereocenters.